The molecule has 2 aromatic rings. The Hall–Kier alpha value is -1.14. The number of morpholine rings is 1. The summed E-state index contributed by atoms with van der Waals surface area (Å²) < 4.78 is 7.31. The molecule has 3 rings (SSSR count). The minimum atomic E-state index is 0.501. The second-order valence-electron chi connectivity index (χ2n) is 4.71. The fourth-order valence-corrected chi connectivity index (χ4v) is 3.32. The van der Waals surface area contributed by atoms with Gasteiger partial charge in [0.1, 0.15) is 0 Å². The predicted octanol–water partition coefficient (Wildman–Crippen LogP) is 2.50. The molecule has 1 fully saturated rings. The molecule has 1 N–H and O–H groups in total. The Kier molecular flexibility index (Phi) is 4.21. The van der Waals surface area contributed by atoms with Gasteiger partial charge in [0.2, 0.25) is 0 Å². The molecular formula is C14H16ClN3OS. The van der Waals surface area contributed by atoms with Gasteiger partial charge in [-0.25, -0.2) is 0 Å². The Bertz CT molecular complexity index is 646. The highest BCUT2D eigenvalue weighted by atomic mass is 35.5. The van der Waals surface area contributed by atoms with Crippen LogP contribution in [-0.2, 0) is 11.3 Å². The van der Waals surface area contributed by atoms with Crippen molar-refractivity contribution in [2.45, 2.75) is 6.54 Å². The molecule has 0 atom stereocenters. The molecule has 4 nitrogen and oxygen atoms in total. The predicted molar refractivity (Wildman–Crippen MR) is 80.6 cm³/mol. The normalized spacial score (nSPS) is 16.4. The van der Waals surface area contributed by atoms with E-state index in [1.54, 1.807) is 0 Å². The van der Waals surface area contributed by atoms with Crippen LogP contribution in [0.15, 0.2) is 29.6 Å². The average Bonchev–Trinajstić information content (AvgIpc) is 2.82. The van der Waals surface area contributed by atoms with Crippen LogP contribution in [0.1, 0.15) is 5.69 Å². The van der Waals surface area contributed by atoms with Gasteiger partial charge in [0.05, 0.1) is 23.9 Å². The van der Waals surface area contributed by atoms with Gasteiger partial charge in [0.15, 0.2) is 4.80 Å². The van der Waals surface area contributed by atoms with Crippen molar-refractivity contribution in [1.29, 1.82) is 5.41 Å². The molecule has 0 saturated carbocycles. The van der Waals surface area contributed by atoms with Crippen LogP contribution >= 0.6 is 22.9 Å². The summed E-state index contributed by atoms with van der Waals surface area (Å²) in [6, 6.07) is 7.67. The molecule has 0 aliphatic carbocycles. The summed E-state index contributed by atoms with van der Waals surface area (Å²) in [5, 5.41) is 10.8. The van der Waals surface area contributed by atoms with E-state index in [-0.39, 0.29) is 0 Å². The lowest BCUT2D eigenvalue weighted by Crippen LogP contribution is -2.36. The Labute approximate surface area is 126 Å². The molecule has 20 heavy (non-hydrogen) atoms. The number of benzene rings is 1. The zero-order valence-electron chi connectivity index (χ0n) is 11.0. The van der Waals surface area contributed by atoms with Crippen LogP contribution in [0.5, 0.6) is 0 Å². The quantitative estimate of drug-likeness (QED) is 0.946. The van der Waals surface area contributed by atoms with E-state index in [1.165, 1.54) is 11.3 Å². The van der Waals surface area contributed by atoms with Gasteiger partial charge in [0.25, 0.3) is 0 Å². The molecule has 0 bridgehead atoms. The third kappa shape index (κ3) is 2.81. The first-order valence-electron chi connectivity index (χ1n) is 6.55. The smallest absolute Gasteiger partial charge is 0.186 e. The van der Waals surface area contributed by atoms with E-state index in [4.69, 9.17) is 21.7 Å². The number of nitrogens with one attached hydrogen (secondary N) is 1. The molecule has 1 aromatic heterocycles. The lowest BCUT2D eigenvalue weighted by molar-refractivity contribution is 0.0334. The first kappa shape index (κ1) is 13.8. The summed E-state index contributed by atoms with van der Waals surface area (Å²) in [4.78, 5) is 2.85. The van der Waals surface area contributed by atoms with Crippen molar-refractivity contribution in [3.63, 3.8) is 0 Å². The molecule has 0 spiro atoms. The Morgan fingerprint density at radius 2 is 2.00 bits per heavy atom. The standard InChI is InChI=1S/C14H16ClN3OS/c15-12-3-1-2-4-13(12)18-11(10-20-14(18)16)9-17-5-7-19-8-6-17/h1-4,10,16H,5-9H2. The number of aromatic nitrogens is 1. The second-order valence-corrected chi connectivity index (χ2v) is 5.97. The van der Waals surface area contributed by atoms with Crippen LogP contribution in [-0.4, -0.2) is 35.8 Å². The number of rotatable bonds is 3. The monoisotopic (exact) mass is 309 g/mol. The van der Waals surface area contributed by atoms with Gasteiger partial charge in [-0.2, -0.15) is 0 Å². The van der Waals surface area contributed by atoms with Crippen molar-refractivity contribution in [2.24, 2.45) is 0 Å². The number of hydrogen-bond acceptors (Lipinski definition) is 4. The van der Waals surface area contributed by atoms with Gasteiger partial charge in [-0.3, -0.25) is 14.9 Å². The number of para-hydroxylation sites is 1. The molecule has 0 amide bonds. The van der Waals surface area contributed by atoms with Crippen LogP contribution in [0, 0.1) is 5.41 Å². The SMILES string of the molecule is N=c1scc(CN2CCOCC2)n1-c1ccccc1Cl. The van der Waals surface area contributed by atoms with Gasteiger partial charge in [0, 0.05) is 30.7 Å². The lowest BCUT2D eigenvalue weighted by Gasteiger charge is -2.26. The first-order valence-corrected chi connectivity index (χ1v) is 7.80. The summed E-state index contributed by atoms with van der Waals surface area (Å²) in [6.07, 6.45) is 0. The second kappa shape index (κ2) is 6.10. The molecule has 1 saturated heterocycles. The fraction of sp³-hybridized carbons (Fsp3) is 0.357. The molecule has 2 heterocycles. The molecular weight excluding hydrogens is 294 g/mol. The summed E-state index contributed by atoms with van der Waals surface area (Å²) in [7, 11) is 0. The van der Waals surface area contributed by atoms with Gasteiger partial charge >= 0.3 is 0 Å². The third-order valence-electron chi connectivity index (χ3n) is 3.38. The first-order chi connectivity index (χ1) is 9.75. The molecule has 1 aliphatic rings. The molecule has 1 aliphatic heterocycles. The van der Waals surface area contributed by atoms with Crippen molar-refractivity contribution in [2.75, 3.05) is 26.3 Å². The zero-order valence-corrected chi connectivity index (χ0v) is 12.6. The van der Waals surface area contributed by atoms with Crippen LogP contribution in [0.4, 0.5) is 0 Å². The van der Waals surface area contributed by atoms with E-state index < -0.39 is 0 Å². The maximum atomic E-state index is 8.12. The van der Waals surface area contributed by atoms with Crippen molar-refractivity contribution in [1.82, 2.24) is 9.47 Å². The van der Waals surface area contributed by atoms with Gasteiger partial charge in [-0.15, -0.1) is 11.3 Å². The van der Waals surface area contributed by atoms with Crippen LogP contribution < -0.4 is 4.80 Å². The Morgan fingerprint density at radius 3 is 2.75 bits per heavy atom. The van der Waals surface area contributed by atoms with E-state index in [1.807, 2.05) is 34.2 Å². The van der Waals surface area contributed by atoms with E-state index >= 15 is 0 Å². The summed E-state index contributed by atoms with van der Waals surface area (Å²) in [5.41, 5.74) is 1.98. The van der Waals surface area contributed by atoms with Gasteiger partial charge < -0.3 is 4.74 Å². The molecule has 0 radical (unpaired) electrons. The minimum Gasteiger partial charge on any atom is -0.379 e. The number of hydrogen-bond donors (Lipinski definition) is 1. The van der Waals surface area contributed by atoms with E-state index in [2.05, 4.69) is 4.90 Å². The topological polar surface area (TPSA) is 41.3 Å². The van der Waals surface area contributed by atoms with Crippen molar-refractivity contribution in [3.05, 3.63) is 45.2 Å². The summed E-state index contributed by atoms with van der Waals surface area (Å²) in [5.74, 6) is 0. The highest BCUT2D eigenvalue weighted by Crippen LogP contribution is 2.21. The summed E-state index contributed by atoms with van der Waals surface area (Å²) in [6.45, 7) is 4.26. The van der Waals surface area contributed by atoms with Gasteiger partial charge in [-0.05, 0) is 12.1 Å². The highest BCUT2D eigenvalue weighted by molar-refractivity contribution is 7.07. The maximum Gasteiger partial charge on any atom is 0.186 e. The third-order valence-corrected chi connectivity index (χ3v) is 4.49. The van der Waals surface area contributed by atoms with Crippen molar-refractivity contribution < 1.29 is 4.74 Å². The van der Waals surface area contributed by atoms with Crippen LogP contribution in [0.25, 0.3) is 5.69 Å². The number of halogens is 1. The van der Waals surface area contributed by atoms with Crippen LogP contribution in [0.2, 0.25) is 5.02 Å². The molecule has 6 heteroatoms. The fourth-order valence-electron chi connectivity index (χ4n) is 2.35. The highest BCUT2D eigenvalue weighted by Gasteiger charge is 2.15. The maximum absolute atomic E-state index is 8.12. The number of nitrogens with zero attached hydrogens (tertiary/aromatic N) is 2. The molecule has 0 unspecified atom stereocenters. The van der Waals surface area contributed by atoms with E-state index in [0.717, 1.165) is 44.2 Å². The van der Waals surface area contributed by atoms with E-state index in [0.29, 0.717) is 9.82 Å². The van der Waals surface area contributed by atoms with E-state index in [9.17, 15) is 0 Å². The van der Waals surface area contributed by atoms with Gasteiger partial charge in [-0.1, -0.05) is 23.7 Å². The minimum absolute atomic E-state index is 0.501. The Morgan fingerprint density at radius 1 is 1.25 bits per heavy atom. The van der Waals surface area contributed by atoms with Crippen molar-refractivity contribution in [3.8, 4) is 5.69 Å². The summed E-state index contributed by atoms with van der Waals surface area (Å²) >= 11 is 7.71. The lowest BCUT2D eigenvalue weighted by atomic mass is 10.3. The number of thiazole rings is 1. The average molecular weight is 310 g/mol. The van der Waals surface area contributed by atoms with Crippen LogP contribution in [0.3, 0.4) is 0 Å². The largest absolute Gasteiger partial charge is 0.379 e. The number of ether oxygens (including phenoxy) is 1. The zero-order chi connectivity index (χ0) is 13.9. The van der Waals surface area contributed by atoms with Crippen molar-refractivity contribution >= 4 is 22.9 Å². The molecule has 1 aromatic carbocycles. The Balaban J connectivity index is 1.93. The molecule has 106 valence electrons.